The average Bonchev–Trinajstić information content (AvgIpc) is 2.69. The molecule has 0 N–H and O–H groups in total. The number of nitrogens with zero attached hydrogens (tertiary/aromatic N) is 4. The Hall–Kier alpha value is -1.24. The highest BCUT2D eigenvalue weighted by atomic mass is 127. The summed E-state index contributed by atoms with van der Waals surface area (Å²) in [7, 11) is 12.8. The minimum atomic E-state index is 0. The fourth-order valence-corrected chi connectivity index (χ4v) is 2.51. The van der Waals surface area contributed by atoms with Gasteiger partial charge in [0, 0.05) is 11.1 Å². The zero-order valence-corrected chi connectivity index (χ0v) is 24.3. The van der Waals surface area contributed by atoms with Gasteiger partial charge in [0.2, 0.25) is 0 Å². The number of quaternary nitrogens is 2. The van der Waals surface area contributed by atoms with Crippen LogP contribution in [0.25, 0.3) is 0 Å². The molecule has 0 aliphatic carbocycles. The zero-order valence-electron chi connectivity index (χ0n) is 20.0. The van der Waals surface area contributed by atoms with Crippen LogP contribution in [0.4, 0.5) is 0 Å². The molecule has 0 atom stereocenters. The SMILES string of the molecule is C[N+](C)(C)CCO/N=C(/C(=N/OCC[N+](C)(C)C)c1ccccc1)c1ccccc1.[I-].[I-]. The molecule has 0 fully saturated rings. The Balaban J connectivity index is 0.00000480. The first kappa shape index (κ1) is 30.8. The lowest BCUT2D eigenvalue weighted by atomic mass is 10.00. The van der Waals surface area contributed by atoms with Crippen molar-refractivity contribution in [1.29, 1.82) is 0 Å². The van der Waals surface area contributed by atoms with E-state index in [-0.39, 0.29) is 48.0 Å². The predicted molar refractivity (Wildman–Crippen MR) is 124 cm³/mol. The molecule has 0 spiro atoms. The summed E-state index contributed by atoms with van der Waals surface area (Å²) in [6, 6.07) is 19.9. The van der Waals surface area contributed by atoms with Crippen molar-refractivity contribution in [3.63, 3.8) is 0 Å². The minimum Gasteiger partial charge on any atom is -1.00 e. The number of benzene rings is 2. The van der Waals surface area contributed by atoms with Gasteiger partial charge in [-0.05, 0) is 0 Å². The molecule has 0 unspecified atom stereocenters. The van der Waals surface area contributed by atoms with Crippen molar-refractivity contribution in [2.75, 3.05) is 68.6 Å². The highest BCUT2D eigenvalue weighted by molar-refractivity contribution is 6.53. The fourth-order valence-electron chi connectivity index (χ4n) is 2.51. The number of likely N-dealkylation sites (N-methyl/N-ethyl adjacent to an activating group) is 2. The molecule has 8 heteroatoms. The molecule has 0 aliphatic heterocycles. The number of rotatable bonds is 11. The van der Waals surface area contributed by atoms with Crippen LogP contribution in [0, 0.1) is 0 Å². The molecule has 0 radical (unpaired) electrons. The normalized spacial score (nSPS) is 12.4. The van der Waals surface area contributed by atoms with Crippen molar-refractivity contribution in [1.82, 2.24) is 0 Å². The monoisotopic (exact) mass is 666 g/mol. The molecule has 0 bridgehead atoms. The Morgan fingerprint density at radius 3 is 1.19 bits per heavy atom. The summed E-state index contributed by atoms with van der Waals surface area (Å²) in [5.41, 5.74) is 3.18. The Bertz CT molecular complexity index is 759. The van der Waals surface area contributed by atoms with Crippen LogP contribution in [0.1, 0.15) is 11.1 Å². The molecular formula is C24H36I2N4O2. The average molecular weight is 666 g/mol. The van der Waals surface area contributed by atoms with Gasteiger partial charge in [0.25, 0.3) is 0 Å². The van der Waals surface area contributed by atoms with Gasteiger partial charge in [-0.3, -0.25) is 0 Å². The Morgan fingerprint density at radius 2 is 0.906 bits per heavy atom. The van der Waals surface area contributed by atoms with Crippen LogP contribution in [-0.2, 0) is 9.68 Å². The van der Waals surface area contributed by atoms with Crippen LogP contribution < -0.4 is 48.0 Å². The van der Waals surface area contributed by atoms with E-state index >= 15 is 0 Å². The Kier molecular flexibility index (Phi) is 14.2. The third-order valence-electron chi connectivity index (χ3n) is 4.34. The maximum absolute atomic E-state index is 5.72. The topological polar surface area (TPSA) is 43.2 Å². The van der Waals surface area contributed by atoms with Crippen molar-refractivity contribution in [2.45, 2.75) is 0 Å². The second-order valence-electron chi connectivity index (χ2n) is 9.31. The second-order valence-corrected chi connectivity index (χ2v) is 9.31. The van der Waals surface area contributed by atoms with Gasteiger partial charge in [-0.2, -0.15) is 0 Å². The lowest BCUT2D eigenvalue weighted by Crippen LogP contribution is -3.00. The number of oxime groups is 2. The Morgan fingerprint density at radius 1 is 0.594 bits per heavy atom. The molecule has 2 aromatic carbocycles. The summed E-state index contributed by atoms with van der Waals surface area (Å²) in [6.45, 7) is 2.74. The van der Waals surface area contributed by atoms with Crippen LogP contribution in [0.15, 0.2) is 71.0 Å². The van der Waals surface area contributed by atoms with Gasteiger partial charge in [0.1, 0.15) is 24.5 Å². The summed E-state index contributed by atoms with van der Waals surface area (Å²) in [6.07, 6.45) is 0. The molecule has 0 heterocycles. The van der Waals surface area contributed by atoms with E-state index in [1.165, 1.54) is 0 Å². The predicted octanol–water partition coefficient (Wildman–Crippen LogP) is -2.75. The van der Waals surface area contributed by atoms with Gasteiger partial charge in [-0.15, -0.1) is 0 Å². The molecule has 0 saturated heterocycles. The van der Waals surface area contributed by atoms with Crippen LogP contribution in [-0.4, -0.2) is 89.0 Å². The first-order valence-corrected chi connectivity index (χ1v) is 10.3. The molecule has 2 aromatic rings. The van der Waals surface area contributed by atoms with E-state index in [1.54, 1.807) is 0 Å². The summed E-state index contributed by atoms with van der Waals surface area (Å²) >= 11 is 0. The first-order valence-electron chi connectivity index (χ1n) is 10.3. The van der Waals surface area contributed by atoms with Gasteiger partial charge >= 0.3 is 0 Å². The highest BCUT2D eigenvalue weighted by Crippen LogP contribution is 2.12. The van der Waals surface area contributed by atoms with Crippen molar-refractivity contribution in [3.05, 3.63) is 71.8 Å². The van der Waals surface area contributed by atoms with E-state index < -0.39 is 0 Å². The Labute approximate surface area is 227 Å². The molecule has 178 valence electrons. The lowest BCUT2D eigenvalue weighted by molar-refractivity contribution is -0.870. The third-order valence-corrected chi connectivity index (χ3v) is 4.34. The number of hydrogen-bond donors (Lipinski definition) is 0. The minimum absolute atomic E-state index is 0. The van der Waals surface area contributed by atoms with Gasteiger partial charge in [-0.25, -0.2) is 0 Å². The molecule has 32 heavy (non-hydrogen) atoms. The van der Waals surface area contributed by atoms with Crippen LogP contribution in [0.5, 0.6) is 0 Å². The van der Waals surface area contributed by atoms with Gasteiger partial charge in [0.15, 0.2) is 13.2 Å². The number of hydrogen-bond acceptors (Lipinski definition) is 4. The van der Waals surface area contributed by atoms with E-state index in [0.29, 0.717) is 24.6 Å². The van der Waals surface area contributed by atoms with Gasteiger partial charge < -0.3 is 66.6 Å². The van der Waals surface area contributed by atoms with Crippen LogP contribution in [0.2, 0.25) is 0 Å². The smallest absolute Gasteiger partial charge is 0.165 e. The van der Waals surface area contributed by atoms with Crippen molar-refractivity contribution in [3.8, 4) is 0 Å². The molecule has 0 aliphatic rings. The summed E-state index contributed by atoms with van der Waals surface area (Å²) < 4.78 is 1.62. The van der Waals surface area contributed by atoms with Crippen LogP contribution in [0.3, 0.4) is 0 Å². The third kappa shape index (κ3) is 12.1. The van der Waals surface area contributed by atoms with Crippen molar-refractivity contribution >= 4 is 11.4 Å². The molecule has 0 amide bonds. The number of halogens is 2. The molecule has 2 rings (SSSR count). The van der Waals surface area contributed by atoms with Crippen LogP contribution >= 0.6 is 0 Å². The summed E-state index contributed by atoms with van der Waals surface area (Å²) in [4.78, 5) is 11.4. The zero-order chi connectivity index (χ0) is 22.0. The van der Waals surface area contributed by atoms with E-state index in [9.17, 15) is 0 Å². The van der Waals surface area contributed by atoms with Crippen molar-refractivity contribution in [2.24, 2.45) is 10.3 Å². The fraction of sp³-hybridized carbons (Fsp3) is 0.417. The first-order chi connectivity index (χ1) is 14.2. The lowest BCUT2D eigenvalue weighted by Gasteiger charge is -2.23. The van der Waals surface area contributed by atoms with E-state index in [2.05, 4.69) is 52.6 Å². The summed E-state index contributed by atoms with van der Waals surface area (Å²) in [5.74, 6) is 0. The quantitative estimate of drug-likeness (QED) is 0.0860. The molecule has 0 saturated carbocycles. The van der Waals surface area contributed by atoms with Gasteiger partial charge in [-0.1, -0.05) is 71.0 Å². The second kappa shape index (κ2) is 14.8. The highest BCUT2D eigenvalue weighted by Gasteiger charge is 2.17. The summed E-state index contributed by atoms with van der Waals surface area (Å²) in [5, 5.41) is 8.99. The molecular weight excluding hydrogens is 630 g/mol. The standard InChI is InChI=1S/C24H36N4O2.2HI/c1-27(2,3)17-19-29-25-23(21-13-9-7-10-14-21)24(22-15-11-8-12-16-22)26-30-20-18-28(4,5)6;;/h7-16H,17-20H2,1-6H3;2*1H/q+2;;/p-2/b25-23+,26-24+;;. The van der Waals surface area contributed by atoms with E-state index in [1.807, 2.05) is 60.7 Å². The maximum Gasteiger partial charge on any atom is 0.165 e. The van der Waals surface area contributed by atoms with E-state index in [4.69, 9.17) is 9.68 Å². The van der Waals surface area contributed by atoms with Gasteiger partial charge in [0.05, 0.1) is 42.3 Å². The molecule has 6 nitrogen and oxygen atoms in total. The van der Waals surface area contributed by atoms with Crippen molar-refractivity contribution < 1.29 is 66.6 Å². The largest absolute Gasteiger partial charge is 1.00 e. The van der Waals surface area contributed by atoms with E-state index in [0.717, 1.165) is 33.2 Å². The maximum atomic E-state index is 5.72. The molecule has 0 aromatic heterocycles.